The van der Waals surface area contributed by atoms with Crippen molar-refractivity contribution in [3.63, 3.8) is 0 Å². The molecule has 0 fully saturated rings. The standard InChI is InChI=1S/C13H15N5O/c1-2-4-10-7-9(8-11(14)16-10)13(19)17-12-5-3-6-15-18-12/h3,5-8H,2,4H2,1H3,(H2,14,16)(H,17,18,19). The monoisotopic (exact) mass is 257 g/mol. The number of aromatic nitrogens is 3. The van der Waals surface area contributed by atoms with Gasteiger partial charge in [0.2, 0.25) is 0 Å². The Hall–Kier alpha value is -2.50. The predicted octanol–water partition coefficient (Wildman–Crippen LogP) is 1.66. The Labute approximate surface area is 111 Å². The molecule has 1 amide bonds. The van der Waals surface area contributed by atoms with Gasteiger partial charge in [0.1, 0.15) is 5.82 Å². The highest BCUT2D eigenvalue weighted by molar-refractivity contribution is 6.04. The van der Waals surface area contributed by atoms with Crippen molar-refractivity contribution in [3.8, 4) is 0 Å². The normalized spacial score (nSPS) is 10.2. The van der Waals surface area contributed by atoms with Crippen LogP contribution >= 0.6 is 0 Å². The van der Waals surface area contributed by atoms with Crippen LogP contribution in [0.4, 0.5) is 11.6 Å². The van der Waals surface area contributed by atoms with Crippen LogP contribution in [0.1, 0.15) is 29.4 Å². The zero-order chi connectivity index (χ0) is 13.7. The molecule has 6 heteroatoms. The summed E-state index contributed by atoms with van der Waals surface area (Å²) in [5.74, 6) is 0.474. The summed E-state index contributed by atoms with van der Waals surface area (Å²) in [5, 5.41) is 10.1. The lowest BCUT2D eigenvalue weighted by molar-refractivity contribution is 0.102. The molecule has 2 aromatic rings. The average molecular weight is 257 g/mol. The minimum absolute atomic E-state index is 0.271. The maximum Gasteiger partial charge on any atom is 0.257 e. The van der Waals surface area contributed by atoms with Crippen LogP contribution < -0.4 is 11.1 Å². The molecule has 0 radical (unpaired) electrons. The molecule has 0 aliphatic rings. The van der Waals surface area contributed by atoms with E-state index in [9.17, 15) is 4.79 Å². The summed E-state index contributed by atoms with van der Waals surface area (Å²) in [6.07, 6.45) is 3.28. The van der Waals surface area contributed by atoms with Gasteiger partial charge in [0.15, 0.2) is 5.82 Å². The van der Waals surface area contributed by atoms with Crippen molar-refractivity contribution in [2.24, 2.45) is 0 Å². The highest BCUT2D eigenvalue weighted by Crippen LogP contribution is 2.11. The van der Waals surface area contributed by atoms with Gasteiger partial charge in [0, 0.05) is 17.5 Å². The number of hydrogen-bond acceptors (Lipinski definition) is 5. The lowest BCUT2D eigenvalue weighted by Gasteiger charge is -2.06. The van der Waals surface area contributed by atoms with Crippen LogP contribution in [0.15, 0.2) is 30.5 Å². The number of hydrogen-bond donors (Lipinski definition) is 2. The Morgan fingerprint density at radius 3 is 2.95 bits per heavy atom. The molecule has 0 atom stereocenters. The molecule has 19 heavy (non-hydrogen) atoms. The summed E-state index contributed by atoms with van der Waals surface area (Å²) < 4.78 is 0. The number of amides is 1. The molecule has 2 rings (SSSR count). The van der Waals surface area contributed by atoms with Crippen LogP contribution in [0, 0.1) is 0 Å². The van der Waals surface area contributed by atoms with Crippen molar-refractivity contribution < 1.29 is 4.79 Å². The summed E-state index contributed by atoms with van der Waals surface area (Å²) in [6.45, 7) is 2.05. The van der Waals surface area contributed by atoms with E-state index < -0.39 is 0 Å². The summed E-state index contributed by atoms with van der Waals surface area (Å²) >= 11 is 0. The molecular weight excluding hydrogens is 242 g/mol. The number of carbonyl (C=O) groups excluding carboxylic acids is 1. The second-order valence-electron chi connectivity index (χ2n) is 4.09. The van der Waals surface area contributed by atoms with E-state index in [0.717, 1.165) is 18.5 Å². The van der Waals surface area contributed by atoms with E-state index in [0.29, 0.717) is 17.2 Å². The smallest absolute Gasteiger partial charge is 0.257 e. The van der Waals surface area contributed by atoms with Gasteiger partial charge in [-0.3, -0.25) is 4.79 Å². The van der Waals surface area contributed by atoms with Gasteiger partial charge in [-0.05, 0) is 30.7 Å². The molecule has 3 N–H and O–H groups in total. The second-order valence-corrected chi connectivity index (χ2v) is 4.09. The summed E-state index contributed by atoms with van der Waals surface area (Å²) in [4.78, 5) is 16.2. The van der Waals surface area contributed by atoms with Crippen molar-refractivity contribution in [2.75, 3.05) is 11.1 Å². The van der Waals surface area contributed by atoms with Crippen LogP contribution in [-0.2, 0) is 6.42 Å². The average Bonchev–Trinajstić information content (AvgIpc) is 2.39. The lowest BCUT2D eigenvalue weighted by atomic mass is 10.1. The van der Waals surface area contributed by atoms with Crippen LogP contribution in [0.25, 0.3) is 0 Å². The van der Waals surface area contributed by atoms with Gasteiger partial charge in [0.05, 0.1) is 0 Å². The molecule has 0 saturated heterocycles. The molecular formula is C13H15N5O. The van der Waals surface area contributed by atoms with E-state index in [2.05, 4.69) is 20.5 Å². The number of nitrogens with two attached hydrogens (primary N) is 1. The Morgan fingerprint density at radius 1 is 1.42 bits per heavy atom. The fourth-order valence-corrected chi connectivity index (χ4v) is 1.68. The molecule has 2 heterocycles. The van der Waals surface area contributed by atoms with Crippen molar-refractivity contribution in [3.05, 3.63) is 41.7 Å². The van der Waals surface area contributed by atoms with Crippen LogP contribution in [0.2, 0.25) is 0 Å². The van der Waals surface area contributed by atoms with E-state index in [1.165, 1.54) is 0 Å². The second kappa shape index (κ2) is 5.90. The summed E-state index contributed by atoms with van der Waals surface area (Å²) in [7, 11) is 0. The van der Waals surface area contributed by atoms with E-state index in [1.807, 2.05) is 6.92 Å². The van der Waals surface area contributed by atoms with E-state index in [4.69, 9.17) is 5.73 Å². The number of nitrogen functional groups attached to an aromatic ring is 1. The highest BCUT2D eigenvalue weighted by Gasteiger charge is 2.09. The number of rotatable bonds is 4. The summed E-state index contributed by atoms with van der Waals surface area (Å²) in [5.41, 5.74) is 6.99. The fourth-order valence-electron chi connectivity index (χ4n) is 1.68. The number of nitrogens with zero attached hydrogens (tertiary/aromatic N) is 3. The minimum atomic E-state index is -0.271. The fraction of sp³-hybridized carbons (Fsp3) is 0.231. The predicted molar refractivity (Wildman–Crippen MR) is 72.6 cm³/mol. The zero-order valence-electron chi connectivity index (χ0n) is 10.6. The van der Waals surface area contributed by atoms with Gasteiger partial charge in [-0.25, -0.2) is 4.98 Å². The van der Waals surface area contributed by atoms with Crippen molar-refractivity contribution in [2.45, 2.75) is 19.8 Å². The van der Waals surface area contributed by atoms with Crippen LogP contribution in [0.5, 0.6) is 0 Å². The number of anilines is 2. The Kier molecular flexibility index (Phi) is 4.02. The van der Waals surface area contributed by atoms with E-state index in [1.54, 1.807) is 30.5 Å². The first-order chi connectivity index (χ1) is 9.19. The third-order valence-electron chi connectivity index (χ3n) is 2.48. The molecule has 0 unspecified atom stereocenters. The first-order valence-corrected chi connectivity index (χ1v) is 6.04. The number of nitrogens with one attached hydrogen (secondary N) is 1. The van der Waals surface area contributed by atoms with Crippen molar-refractivity contribution in [1.82, 2.24) is 15.2 Å². The lowest BCUT2D eigenvalue weighted by Crippen LogP contribution is -2.14. The third kappa shape index (κ3) is 3.48. The number of carbonyl (C=O) groups is 1. The summed E-state index contributed by atoms with van der Waals surface area (Å²) in [6, 6.07) is 6.66. The molecule has 98 valence electrons. The van der Waals surface area contributed by atoms with E-state index >= 15 is 0 Å². The Balaban J connectivity index is 2.19. The molecule has 0 aliphatic heterocycles. The van der Waals surface area contributed by atoms with Gasteiger partial charge in [-0.1, -0.05) is 13.3 Å². The number of pyridine rings is 1. The SMILES string of the molecule is CCCc1cc(C(=O)Nc2cccnn2)cc(N)n1. The minimum Gasteiger partial charge on any atom is -0.384 e. The van der Waals surface area contributed by atoms with Gasteiger partial charge in [0.25, 0.3) is 5.91 Å². The van der Waals surface area contributed by atoms with E-state index in [-0.39, 0.29) is 5.91 Å². The first-order valence-electron chi connectivity index (χ1n) is 6.04. The maximum absolute atomic E-state index is 12.1. The quantitative estimate of drug-likeness (QED) is 0.868. The molecule has 0 spiro atoms. The molecule has 2 aromatic heterocycles. The molecule has 0 aromatic carbocycles. The molecule has 0 saturated carbocycles. The van der Waals surface area contributed by atoms with Gasteiger partial charge >= 0.3 is 0 Å². The molecule has 6 nitrogen and oxygen atoms in total. The molecule has 0 bridgehead atoms. The van der Waals surface area contributed by atoms with Gasteiger partial charge in [-0.15, -0.1) is 5.10 Å². The molecule has 0 aliphatic carbocycles. The topological polar surface area (TPSA) is 93.8 Å². The number of aryl methyl sites for hydroxylation is 1. The zero-order valence-corrected chi connectivity index (χ0v) is 10.6. The Morgan fingerprint density at radius 2 is 2.26 bits per heavy atom. The maximum atomic E-state index is 12.1. The van der Waals surface area contributed by atoms with Crippen LogP contribution in [-0.4, -0.2) is 21.1 Å². The van der Waals surface area contributed by atoms with Gasteiger partial charge < -0.3 is 11.1 Å². The van der Waals surface area contributed by atoms with Crippen molar-refractivity contribution >= 4 is 17.5 Å². The van der Waals surface area contributed by atoms with Gasteiger partial charge in [-0.2, -0.15) is 5.10 Å². The first kappa shape index (κ1) is 12.9. The third-order valence-corrected chi connectivity index (χ3v) is 2.48. The largest absolute Gasteiger partial charge is 0.384 e. The van der Waals surface area contributed by atoms with Crippen LogP contribution in [0.3, 0.4) is 0 Å². The Bertz CT molecular complexity index is 571. The van der Waals surface area contributed by atoms with Crippen molar-refractivity contribution in [1.29, 1.82) is 0 Å². The highest BCUT2D eigenvalue weighted by atomic mass is 16.1.